The number of aliphatic hydroxyl groups excluding tert-OH is 1. The Morgan fingerprint density at radius 2 is 2.11 bits per heavy atom. The Balaban J connectivity index is 2.24. The molecule has 3 nitrogen and oxygen atoms in total. The van der Waals surface area contributed by atoms with Gasteiger partial charge < -0.3 is 10.4 Å². The maximum absolute atomic E-state index is 12.2. The molecule has 2 N–H and O–H groups in total. The minimum Gasteiger partial charge on any atom is -0.396 e. The number of hydrogen-bond acceptors (Lipinski definition) is 3. The molecule has 0 fully saturated rings. The number of benzene rings is 1. The van der Waals surface area contributed by atoms with E-state index in [0.29, 0.717) is 9.90 Å². The van der Waals surface area contributed by atoms with E-state index in [0.717, 1.165) is 10.1 Å². The third kappa shape index (κ3) is 2.91. The zero-order valence-electron chi connectivity index (χ0n) is 10.8. The lowest BCUT2D eigenvalue weighted by atomic mass is 10.1. The van der Waals surface area contributed by atoms with Crippen LogP contribution in [-0.4, -0.2) is 23.7 Å². The van der Waals surface area contributed by atoms with E-state index in [4.69, 9.17) is 16.7 Å². The SMILES string of the molecule is C[C@H](CO)[C@H](C)NC(=O)c1sc2ccccc2c1Cl. The summed E-state index contributed by atoms with van der Waals surface area (Å²) < 4.78 is 1.00. The predicted octanol–water partition coefficient (Wildman–Crippen LogP) is 3.30. The lowest BCUT2D eigenvalue weighted by Crippen LogP contribution is -2.38. The van der Waals surface area contributed by atoms with Gasteiger partial charge in [-0.15, -0.1) is 11.3 Å². The summed E-state index contributed by atoms with van der Waals surface area (Å²) in [6.07, 6.45) is 0. The van der Waals surface area contributed by atoms with Crippen molar-refractivity contribution >= 4 is 38.9 Å². The Hall–Kier alpha value is -1.10. The highest BCUT2D eigenvalue weighted by Gasteiger charge is 2.20. The maximum atomic E-state index is 12.2. The highest BCUT2D eigenvalue weighted by atomic mass is 35.5. The van der Waals surface area contributed by atoms with Gasteiger partial charge in [-0.3, -0.25) is 4.79 Å². The van der Waals surface area contributed by atoms with Crippen molar-refractivity contribution in [3.63, 3.8) is 0 Å². The largest absolute Gasteiger partial charge is 0.396 e. The molecular formula is C14H16ClNO2S. The van der Waals surface area contributed by atoms with Crippen molar-refractivity contribution in [2.45, 2.75) is 19.9 Å². The molecule has 2 atom stereocenters. The fourth-order valence-corrected chi connectivity index (χ4v) is 3.15. The molecule has 0 spiro atoms. The van der Waals surface area contributed by atoms with Gasteiger partial charge in [0.05, 0.1) is 5.02 Å². The van der Waals surface area contributed by atoms with Crippen molar-refractivity contribution in [1.82, 2.24) is 5.32 Å². The van der Waals surface area contributed by atoms with Crippen molar-refractivity contribution in [3.8, 4) is 0 Å². The molecule has 0 bridgehead atoms. The van der Waals surface area contributed by atoms with Crippen LogP contribution in [-0.2, 0) is 0 Å². The molecule has 0 aliphatic rings. The molecule has 1 amide bonds. The number of carbonyl (C=O) groups is 1. The van der Waals surface area contributed by atoms with Gasteiger partial charge in [-0.2, -0.15) is 0 Å². The van der Waals surface area contributed by atoms with Gasteiger partial charge in [-0.05, 0) is 18.9 Å². The minimum absolute atomic E-state index is 0.0112. The minimum atomic E-state index is -0.181. The first-order chi connectivity index (χ1) is 9.04. The molecule has 102 valence electrons. The van der Waals surface area contributed by atoms with E-state index in [-0.39, 0.29) is 24.5 Å². The molecule has 5 heteroatoms. The summed E-state index contributed by atoms with van der Waals surface area (Å²) >= 11 is 7.64. The Morgan fingerprint density at radius 3 is 2.74 bits per heavy atom. The lowest BCUT2D eigenvalue weighted by Gasteiger charge is -2.18. The fourth-order valence-electron chi connectivity index (χ4n) is 1.73. The first-order valence-corrected chi connectivity index (χ1v) is 7.32. The van der Waals surface area contributed by atoms with Crippen LogP contribution in [0.15, 0.2) is 24.3 Å². The van der Waals surface area contributed by atoms with Crippen LogP contribution in [0.3, 0.4) is 0 Å². The summed E-state index contributed by atoms with van der Waals surface area (Å²) in [6, 6.07) is 7.58. The average molecular weight is 298 g/mol. The first-order valence-electron chi connectivity index (χ1n) is 6.13. The molecule has 2 aromatic rings. The van der Waals surface area contributed by atoms with Crippen molar-refractivity contribution < 1.29 is 9.90 Å². The summed E-state index contributed by atoms with van der Waals surface area (Å²) in [5.74, 6) is -0.170. The molecule has 1 aromatic heterocycles. The summed E-state index contributed by atoms with van der Waals surface area (Å²) in [6.45, 7) is 3.80. The third-order valence-corrected chi connectivity index (χ3v) is 4.92. The Bertz CT molecular complexity index is 596. The lowest BCUT2D eigenvalue weighted by molar-refractivity contribution is 0.0920. The molecule has 19 heavy (non-hydrogen) atoms. The number of thiophene rings is 1. The number of rotatable bonds is 4. The molecule has 1 heterocycles. The van der Waals surface area contributed by atoms with Gasteiger partial charge in [0.15, 0.2) is 0 Å². The van der Waals surface area contributed by atoms with E-state index in [1.54, 1.807) is 0 Å². The van der Waals surface area contributed by atoms with Crippen molar-refractivity contribution in [2.75, 3.05) is 6.61 Å². The number of hydrogen-bond donors (Lipinski definition) is 2. The van der Waals surface area contributed by atoms with E-state index in [2.05, 4.69) is 5.32 Å². The summed E-state index contributed by atoms with van der Waals surface area (Å²) in [5.41, 5.74) is 0. The van der Waals surface area contributed by atoms with E-state index in [1.807, 2.05) is 38.1 Å². The van der Waals surface area contributed by atoms with Gasteiger partial charge in [0.25, 0.3) is 5.91 Å². The second-order valence-electron chi connectivity index (χ2n) is 4.66. The zero-order valence-corrected chi connectivity index (χ0v) is 12.4. The molecule has 0 radical (unpaired) electrons. The quantitative estimate of drug-likeness (QED) is 0.909. The van der Waals surface area contributed by atoms with Crippen molar-refractivity contribution in [1.29, 1.82) is 0 Å². The fraction of sp³-hybridized carbons (Fsp3) is 0.357. The number of amides is 1. The third-order valence-electron chi connectivity index (χ3n) is 3.24. The van der Waals surface area contributed by atoms with Crippen LogP contribution in [0.25, 0.3) is 10.1 Å². The first kappa shape index (κ1) is 14.3. The van der Waals surface area contributed by atoms with Crippen molar-refractivity contribution in [3.05, 3.63) is 34.2 Å². The van der Waals surface area contributed by atoms with Crippen LogP contribution in [0.5, 0.6) is 0 Å². The topological polar surface area (TPSA) is 49.3 Å². The number of aliphatic hydroxyl groups is 1. The normalized spacial score (nSPS) is 14.3. The van der Waals surface area contributed by atoms with Gasteiger partial charge in [-0.1, -0.05) is 36.7 Å². The van der Waals surface area contributed by atoms with Crippen LogP contribution in [0.4, 0.5) is 0 Å². The Labute approximate surface area is 121 Å². The standard InChI is InChI=1S/C14H16ClNO2S/c1-8(7-17)9(2)16-14(18)13-12(15)10-5-3-4-6-11(10)19-13/h3-6,8-9,17H,7H2,1-2H3,(H,16,18)/t8-,9+/m1/s1. The number of carbonyl (C=O) groups excluding carboxylic acids is 1. The number of fused-ring (bicyclic) bond motifs is 1. The number of halogens is 1. The summed E-state index contributed by atoms with van der Waals surface area (Å²) in [7, 11) is 0. The van der Waals surface area contributed by atoms with Crippen LogP contribution in [0.1, 0.15) is 23.5 Å². The van der Waals surface area contributed by atoms with E-state index < -0.39 is 0 Å². The monoisotopic (exact) mass is 297 g/mol. The van der Waals surface area contributed by atoms with Crippen LogP contribution < -0.4 is 5.32 Å². The Morgan fingerprint density at radius 1 is 1.42 bits per heavy atom. The highest BCUT2D eigenvalue weighted by molar-refractivity contribution is 7.21. The molecule has 0 unspecified atom stereocenters. The smallest absolute Gasteiger partial charge is 0.263 e. The molecule has 0 aliphatic heterocycles. The molecule has 0 aliphatic carbocycles. The van der Waals surface area contributed by atoms with Gasteiger partial charge in [0.1, 0.15) is 4.88 Å². The predicted molar refractivity (Wildman–Crippen MR) is 80.0 cm³/mol. The molecule has 0 saturated heterocycles. The van der Waals surface area contributed by atoms with Crippen LogP contribution in [0.2, 0.25) is 5.02 Å². The van der Waals surface area contributed by atoms with Crippen molar-refractivity contribution in [2.24, 2.45) is 5.92 Å². The number of nitrogens with one attached hydrogen (secondary N) is 1. The van der Waals surface area contributed by atoms with E-state index in [1.165, 1.54) is 11.3 Å². The molecule has 0 saturated carbocycles. The maximum Gasteiger partial charge on any atom is 0.263 e. The zero-order chi connectivity index (χ0) is 14.0. The molecule has 2 rings (SSSR count). The van der Waals surface area contributed by atoms with E-state index in [9.17, 15) is 4.79 Å². The van der Waals surface area contributed by atoms with Gasteiger partial charge >= 0.3 is 0 Å². The Kier molecular flexibility index (Phi) is 4.45. The average Bonchev–Trinajstić information content (AvgIpc) is 2.75. The highest BCUT2D eigenvalue weighted by Crippen LogP contribution is 2.35. The van der Waals surface area contributed by atoms with Gasteiger partial charge in [0, 0.05) is 22.7 Å². The molecular weight excluding hydrogens is 282 g/mol. The summed E-state index contributed by atoms with van der Waals surface area (Å²) in [5, 5.41) is 13.4. The molecule has 1 aromatic carbocycles. The second-order valence-corrected chi connectivity index (χ2v) is 6.09. The van der Waals surface area contributed by atoms with E-state index >= 15 is 0 Å². The second kappa shape index (κ2) is 5.90. The van der Waals surface area contributed by atoms with Gasteiger partial charge in [-0.25, -0.2) is 0 Å². The van der Waals surface area contributed by atoms with Crippen LogP contribution in [0, 0.1) is 5.92 Å². The van der Waals surface area contributed by atoms with Crippen LogP contribution >= 0.6 is 22.9 Å². The van der Waals surface area contributed by atoms with Gasteiger partial charge in [0.2, 0.25) is 0 Å². The summed E-state index contributed by atoms with van der Waals surface area (Å²) in [4.78, 5) is 12.7.